The molecule has 0 aliphatic carbocycles. The second-order valence-corrected chi connectivity index (χ2v) is 2.46. The molecule has 0 rings (SSSR count). The smallest absolute Gasteiger partial charge is 0.242 e. The van der Waals surface area contributed by atoms with E-state index in [9.17, 15) is 10.1 Å². The summed E-state index contributed by atoms with van der Waals surface area (Å²) in [5.74, 6) is 0. The van der Waals surface area contributed by atoms with Gasteiger partial charge in [-0.3, -0.25) is 10.1 Å². The molecule has 0 aliphatic rings. The quantitative estimate of drug-likeness (QED) is 0.455. The monoisotopic (exact) mass is 157 g/mol. The maximum absolute atomic E-state index is 10.3. The summed E-state index contributed by atoms with van der Waals surface area (Å²) in [6.45, 7) is 3.94. The fraction of sp³-hybridized carbons (Fsp3) is 0.750. The van der Waals surface area contributed by atoms with Crippen LogP contribution in [0.15, 0.2) is 11.8 Å². The van der Waals surface area contributed by atoms with Crippen molar-refractivity contribution in [1.82, 2.24) is 0 Å². The molecule has 0 N–H and O–H groups in total. The summed E-state index contributed by atoms with van der Waals surface area (Å²) in [6.07, 6.45) is 4.97. The molecule has 0 heterocycles. The van der Waals surface area contributed by atoms with Gasteiger partial charge in [0.1, 0.15) is 0 Å². The van der Waals surface area contributed by atoms with Crippen molar-refractivity contribution in [3.63, 3.8) is 0 Å². The lowest BCUT2D eigenvalue weighted by Crippen LogP contribution is -1.98. The van der Waals surface area contributed by atoms with Crippen LogP contribution in [0.25, 0.3) is 0 Å². The summed E-state index contributed by atoms with van der Waals surface area (Å²) in [4.78, 5) is 10.1. The van der Waals surface area contributed by atoms with Gasteiger partial charge >= 0.3 is 0 Å². The number of hydrogen-bond donors (Lipinski definition) is 0. The first-order valence-electron chi connectivity index (χ1n) is 4.05. The Morgan fingerprint density at radius 2 is 2.18 bits per heavy atom. The normalized spacial score (nSPS) is 11.6. The van der Waals surface area contributed by atoms with E-state index in [1.54, 1.807) is 6.08 Å². The zero-order valence-electron chi connectivity index (χ0n) is 7.17. The maximum Gasteiger partial charge on any atom is 0.242 e. The topological polar surface area (TPSA) is 43.1 Å². The minimum absolute atomic E-state index is 0.279. The molecule has 0 atom stereocenters. The Morgan fingerprint density at radius 3 is 2.55 bits per heavy atom. The van der Waals surface area contributed by atoms with Gasteiger partial charge in [-0.15, -0.1) is 0 Å². The van der Waals surface area contributed by atoms with Crippen LogP contribution >= 0.6 is 0 Å². The molecule has 0 saturated heterocycles. The molecular formula is C8H15NO2. The molecule has 0 amide bonds. The van der Waals surface area contributed by atoms with Crippen LogP contribution in [-0.2, 0) is 0 Å². The van der Waals surface area contributed by atoms with Crippen molar-refractivity contribution >= 4 is 0 Å². The predicted octanol–water partition coefficient (Wildman–Crippen LogP) is 2.75. The van der Waals surface area contributed by atoms with Crippen LogP contribution in [0.1, 0.15) is 39.5 Å². The van der Waals surface area contributed by atoms with E-state index >= 15 is 0 Å². The van der Waals surface area contributed by atoms with Crippen LogP contribution < -0.4 is 0 Å². The van der Waals surface area contributed by atoms with Gasteiger partial charge in [-0.1, -0.05) is 20.3 Å². The van der Waals surface area contributed by atoms with Crippen LogP contribution in [-0.4, -0.2) is 4.92 Å². The van der Waals surface area contributed by atoms with Crippen molar-refractivity contribution in [2.45, 2.75) is 39.5 Å². The average molecular weight is 157 g/mol. The number of nitrogens with zero attached hydrogens (tertiary/aromatic N) is 1. The Bertz CT molecular complexity index is 152. The SMILES string of the molecule is CC/C=C(\CCCC)[N+](=O)[O-]. The summed E-state index contributed by atoms with van der Waals surface area (Å²) < 4.78 is 0. The highest BCUT2D eigenvalue weighted by Gasteiger charge is 2.07. The molecule has 0 aromatic carbocycles. The number of allylic oxidation sites excluding steroid dienone is 2. The molecule has 0 saturated carbocycles. The molecule has 0 aliphatic heterocycles. The Labute approximate surface area is 67.3 Å². The molecule has 0 radical (unpaired) electrons. The zero-order chi connectivity index (χ0) is 8.69. The highest BCUT2D eigenvalue weighted by molar-refractivity contribution is 4.90. The number of unbranched alkanes of at least 4 members (excludes halogenated alkanes) is 1. The summed E-state index contributed by atoms with van der Waals surface area (Å²) >= 11 is 0. The van der Waals surface area contributed by atoms with Crippen molar-refractivity contribution in [3.05, 3.63) is 21.9 Å². The molecule has 3 heteroatoms. The summed E-state index contributed by atoms with van der Waals surface area (Å²) in [5, 5.41) is 10.3. The van der Waals surface area contributed by atoms with Crippen LogP contribution in [0.4, 0.5) is 0 Å². The van der Waals surface area contributed by atoms with Crippen LogP contribution in [0, 0.1) is 10.1 Å². The van der Waals surface area contributed by atoms with Gasteiger partial charge in [0.2, 0.25) is 5.70 Å². The minimum Gasteiger partial charge on any atom is -0.259 e. The van der Waals surface area contributed by atoms with E-state index in [2.05, 4.69) is 0 Å². The Hall–Kier alpha value is -0.860. The summed E-state index contributed by atoms with van der Waals surface area (Å²) in [5.41, 5.74) is 0.370. The van der Waals surface area contributed by atoms with E-state index in [0.717, 1.165) is 19.3 Å². The number of rotatable bonds is 5. The molecule has 0 spiro atoms. The van der Waals surface area contributed by atoms with Crippen molar-refractivity contribution in [2.24, 2.45) is 0 Å². The number of hydrogen-bond acceptors (Lipinski definition) is 2. The van der Waals surface area contributed by atoms with Gasteiger partial charge in [0, 0.05) is 6.42 Å². The predicted molar refractivity (Wildman–Crippen MR) is 44.9 cm³/mol. The maximum atomic E-state index is 10.3. The van der Waals surface area contributed by atoms with E-state index < -0.39 is 0 Å². The van der Waals surface area contributed by atoms with E-state index in [1.165, 1.54) is 0 Å². The van der Waals surface area contributed by atoms with E-state index in [1.807, 2.05) is 13.8 Å². The lowest BCUT2D eigenvalue weighted by atomic mass is 10.2. The zero-order valence-corrected chi connectivity index (χ0v) is 7.17. The second-order valence-electron chi connectivity index (χ2n) is 2.46. The highest BCUT2D eigenvalue weighted by Crippen LogP contribution is 2.08. The van der Waals surface area contributed by atoms with E-state index in [0.29, 0.717) is 12.1 Å². The van der Waals surface area contributed by atoms with Gasteiger partial charge < -0.3 is 0 Å². The lowest BCUT2D eigenvalue weighted by Gasteiger charge is -1.95. The lowest BCUT2D eigenvalue weighted by molar-refractivity contribution is -0.428. The van der Waals surface area contributed by atoms with Crippen LogP contribution in [0.2, 0.25) is 0 Å². The third-order valence-corrected chi connectivity index (χ3v) is 1.46. The summed E-state index contributed by atoms with van der Waals surface area (Å²) in [6, 6.07) is 0. The Balaban J connectivity index is 3.90. The van der Waals surface area contributed by atoms with Crippen molar-refractivity contribution < 1.29 is 4.92 Å². The molecule has 0 unspecified atom stereocenters. The first-order chi connectivity index (χ1) is 5.22. The Morgan fingerprint density at radius 1 is 1.55 bits per heavy atom. The molecular weight excluding hydrogens is 142 g/mol. The second kappa shape index (κ2) is 5.89. The van der Waals surface area contributed by atoms with Gasteiger partial charge in [0.15, 0.2) is 0 Å². The molecule has 0 bridgehead atoms. The van der Waals surface area contributed by atoms with Crippen molar-refractivity contribution in [2.75, 3.05) is 0 Å². The van der Waals surface area contributed by atoms with Gasteiger partial charge in [-0.2, -0.15) is 0 Å². The fourth-order valence-electron chi connectivity index (χ4n) is 0.861. The van der Waals surface area contributed by atoms with Gasteiger partial charge in [0.05, 0.1) is 4.92 Å². The summed E-state index contributed by atoms with van der Waals surface area (Å²) in [7, 11) is 0. The molecule has 64 valence electrons. The molecule has 11 heavy (non-hydrogen) atoms. The fourth-order valence-corrected chi connectivity index (χ4v) is 0.861. The van der Waals surface area contributed by atoms with E-state index in [-0.39, 0.29) is 4.92 Å². The van der Waals surface area contributed by atoms with Gasteiger partial charge in [-0.05, 0) is 18.9 Å². The first kappa shape index (κ1) is 10.1. The molecule has 0 aromatic heterocycles. The first-order valence-corrected chi connectivity index (χ1v) is 4.05. The largest absolute Gasteiger partial charge is 0.259 e. The standard InChI is InChI=1S/C8H15NO2/c1-3-5-7-8(6-4-2)9(10)11/h6H,3-5,7H2,1-2H3/b8-6+. The van der Waals surface area contributed by atoms with Gasteiger partial charge in [-0.25, -0.2) is 0 Å². The van der Waals surface area contributed by atoms with Crippen molar-refractivity contribution in [1.29, 1.82) is 0 Å². The van der Waals surface area contributed by atoms with E-state index in [4.69, 9.17) is 0 Å². The minimum atomic E-state index is -0.279. The molecule has 0 fully saturated rings. The van der Waals surface area contributed by atoms with Gasteiger partial charge in [0.25, 0.3) is 0 Å². The third kappa shape index (κ3) is 4.53. The van der Waals surface area contributed by atoms with Crippen molar-refractivity contribution in [3.8, 4) is 0 Å². The molecule has 0 aromatic rings. The third-order valence-electron chi connectivity index (χ3n) is 1.46. The molecule has 3 nitrogen and oxygen atoms in total. The number of nitro groups is 1. The Kier molecular flexibility index (Phi) is 5.43. The van der Waals surface area contributed by atoms with Crippen LogP contribution in [0.3, 0.4) is 0 Å². The highest BCUT2D eigenvalue weighted by atomic mass is 16.6. The van der Waals surface area contributed by atoms with Crippen LogP contribution in [0.5, 0.6) is 0 Å². The average Bonchev–Trinajstić information content (AvgIpc) is 1.97.